The highest BCUT2D eigenvalue weighted by molar-refractivity contribution is 5.89. The number of carboxylic acid groups (broad SMARTS) is 2. The summed E-state index contributed by atoms with van der Waals surface area (Å²) >= 11 is 0. The molecule has 1 unspecified atom stereocenters. The van der Waals surface area contributed by atoms with Gasteiger partial charge in [0.15, 0.2) is 0 Å². The van der Waals surface area contributed by atoms with Gasteiger partial charge in [-0.05, 0) is 50.6 Å². The van der Waals surface area contributed by atoms with E-state index < -0.39 is 11.9 Å². The second-order valence-corrected chi connectivity index (χ2v) is 6.52. The SMILES string of the molecule is Cc1cccc(-c2cncc(C3CCCN3C)c2)c1.O=C(O)/C=C/C(=O)O. The summed E-state index contributed by atoms with van der Waals surface area (Å²) in [6.45, 7) is 3.32. The lowest BCUT2D eigenvalue weighted by molar-refractivity contribution is -0.134. The molecule has 6 heteroatoms. The van der Waals surface area contributed by atoms with Gasteiger partial charge in [-0.15, -0.1) is 0 Å². The molecule has 0 saturated carbocycles. The van der Waals surface area contributed by atoms with Gasteiger partial charge < -0.3 is 10.2 Å². The second kappa shape index (κ2) is 9.64. The average molecular weight is 368 g/mol. The Morgan fingerprint density at radius 2 is 1.81 bits per heavy atom. The summed E-state index contributed by atoms with van der Waals surface area (Å²) in [4.78, 5) is 26.0. The van der Waals surface area contributed by atoms with Gasteiger partial charge in [0, 0.05) is 36.2 Å². The topological polar surface area (TPSA) is 90.7 Å². The van der Waals surface area contributed by atoms with E-state index in [2.05, 4.69) is 54.2 Å². The number of benzene rings is 1. The van der Waals surface area contributed by atoms with Gasteiger partial charge >= 0.3 is 11.9 Å². The number of aryl methyl sites for hydroxylation is 1. The molecular formula is C21H24N2O4. The second-order valence-electron chi connectivity index (χ2n) is 6.52. The lowest BCUT2D eigenvalue weighted by atomic mass is 10.0. The number of carboxylic acids is 2. The first-order valence-electron chi connectivity index (χ1n) is 8.73. The molecule has 1 saturated heterocycles. The molecule has 1 aliphatic heterocycles. The van der Waals surface area contributed by atoms with Crippen molar-refractivity contribution in [3.8, 4) is 11.1 Å². The molecule has 0 spiro atoms. The van der Waals surface area contributed by atoms with Crippen molar-refractivity contribution >= 4 is 11.9 Å². The zero-order valence-electron chi connectivity index (χ0n) is 15.5. The van der Waals surface area contributed by atoms with Crippen LogP contribution in [0, 0.1) is 6.92 Å². The predicted octanol–water partition coefficient (Wildman–Crippen LogP) is 3.54. The fraction of sp³-hybridized carbons (Fsp3) is 0.286. The standard InChI is InChI=1S/C17H20N2.C4H4O4/c1-13-5-3-6-14(9-13)15-10-16(12-18-11-15)17-7-4-8-19(17)2;5-3(6)1-2-4(7)8/h3,5-6,9-12,17H,4,7-8H2,1-2H3;1-2H,(H,5,6)(H,7,8)/b;2-1+. The molecule has 0 amide bonds. The van der Waals surface area contributed by atoms with Gasteiger partial charge in [0.2, 0.25) is 0 Å². The summed E-state index contributed by atoms with van der Waals surface area (Å²) in [7, 11) is 2.21. The Morgan fingerprint density at radius 1 is 1.11 bits per heavy atom. The predicted molar refractivity (Wildman–Crippen MR) is 103 cm³/mol. The number of rotatable bonds is 4. The largest absolute Gasteiger partial charge is 0.478 e. The van der Waals surface area contributed by atoms with Crippen LogP contribution in [0.5, 0.6) is 0 Å². The maximum atomic E-state index is 9.55. The molecule has 1 aromatic heterocycles. The molecule has 2 aromatic rings. The Balaban J connectivity index is 0.000000279. The summed E-state index contributed by atoms with van der Waals surface area (Å²) < 4.78 is 0. The van der Waals surface area contributed by atoms with Crippen molar-refractivity contribution in [2.75, 3.05) is 13.6 Å². The normalized spacial score (nSPS) is 16.7. The minimum atomic E-state index is -1.26. The first-order chi connectivity index (χ1) is 12.9. The number of hydrogen-bond acceptors (Lipinski definition) is 4. The Kier molecular flexibility index (Phi) is 7.25. The Labute approximate surface area is 158 Å². The van der Waals surface area contributed by atoms with Crippen LogP contribution in [-0.4, -0.2) is 45.6 Å². The summed E-state index contributed by atoms with van der Waals surface area (Å²) in [5, 5.41) is 15.6. The maximum Gasteiger partial charge on any atom is 0.328 e. The van der Waals surface area contributed by atoms with Crippen LogP contribution in [0.2, 0.25) is 0 Å². The molecule has 0 bridgehead atoms. The van der Waals surface area contributed by atoms with Crippen molar-refractivity contribution < 1.29 is 19.8 Å². The van der Waals surface area contributed by atoms with Crippen LogP contribution in [0.1, 0.15) is 30.0 Å². The van der Waals surface area contributed by atoms with E-state index in [0.29, 0.717) is 18.2 Å². The monoisotopic (exact) mass is 368 g/mol. The van der Waals surface area contributed by atoms with E-state index in [-0.39, 0.29) is 0 Å². The van der Waals surface area contributed by atoms with Crippen LogP contribution in [0.25, 0.3) is 11.1 Å². The van der Waals surface area contributed by atoms with E-state index in [1.165, 1.54) is 41.6 Å². The number of aliphatic carboxylic acids is 2. The van der Waals surface area contributed by atoms with Crippen molar-refractivity contribution in [2.24, 2.45) is 0 Å². The van der Waals surface area contributed by atoms with Crippen LogP contribution >= 0.6 is 0 Å². The highest BCUT2D eigenvalue weighted by Crippen LogP contribution is 2.32. The van der Waals surface area contributed by atoms with Crippen LogP contribution in [0.15, 0.2) is 54.9 Å². The Hall–Kier alpha value is -2.99. The summed E-state index contributed by atoms with van der Waals surface area (Å²) in [5.74, 6) is -2.51. The summed E-state index contributed by atoms with van der Waals surface area (Å²) in [5.41, 5.74) is 5.12. The van der Waals surface area contributed by atoms with E-state index in [1.54, 1.807) is 0 Å². The number of likely N-dealkylation sites (tertiary alicyclic amines) is 1. The lowest BCUT2D eigenvalue weighted by Crippen LogP contribution is -2.17. The Bertz CT molecular complexity index is 816. The van der Waals surface area contributed by atoms with Crippen molar-refractivity contribution in [3.63, 3.8) is 0 Å². The number of pyridine rings is 1. The molecule has 2 heterocycles. The van der Waals surface area contributed by atoms with E-state index in [4.69, 9.17) is 10.2 Å². The summed E-state index contributed by atoms with van der Waals surface area (Å²) in [6, 6.07) is 11.5. The fourth-order valence-corrected chi connectivity index (χ4v) is 3.10. The van der Waals surface area contributed by atoms with Crippen LogP contribution < -0.4 is 0 Å². The third kappa shape index (κ3) is 6.34. The van der Waals surface area contributed by atoms with E-state index in [1.807, 2.05) is 12.4 Å². The number of nitrogens with zero attached hydrogens (tertiary/aromatic N) is 2. The molecule has 3 rings (SSSR count). The van der Waals surface area contributed by atoms with E-state index >= 15 is 0 Å². The van der Waals surface area contributed by atoms with Gasteiger partial charge in [-0.3, -0.25) is 9.88 Å². The third-order valence-electron chi connectivity index (χ3n) is 4.38. The van der Waals surface area contributed by atoms with Crippen molar-refractivity contribution in [1.29, 1.82) is 0 Å². The van der Waals surface area contributed by atoms with Crippen molar-refractivity contribution in [3.05, 3.63) is 66.0 Å². The molecule has 6 nitrogen and oxygen atoms in total. The maximum absolute atomic E-state index is 9.55. The van der Waals surface area contributed by atoms with E-state index in [0.717, 1.165) is 0 Å². The molecule has 27 heavy (non-hydrogen) atoms. The molecule has 0 radical (unpaired) electrons. The molecule has 2 N–H and O–H groups in total. The number of aromatic nitrogens is 1. The summed E-state index contributed by atoms with van der Waals surface area (Å²) in [6.07, 6.45) is 7.63. The average Bonchev–Trinajstić information content (AvgIpc) is 3.07. The van der Waals surface area contributed by atoms with Crippen LogP contribution in [0.3, 0.4) is 0 Å². The van der Waals surface area contributed by atoms with Gasteiger partial charge in [-0.1, -0.05) is 29.8 Å². The minimum Gasteiger partial charge on any atom is -0.478 e. The fourth-order valence-electron chi connectivity index (χ4n) is 3.10. The van der Waals surface area contributed by atoms with Gasteiger partial charge in [-0.2, -0.15) is 0 Å². The zero-order valence-corrected chi connectivity index (χ0v) is 15.5. The molecular weight excluding hydrogens is 344 g/mol. The molecule has 1 fully saturated rings. The van der Waals surface area contributed by atoms with Crippen molar-refractivity contribution in [2.45, 2.75) is 25.8 Å². The highest BCUT2D eigenvalue weighted by Gasteiger charge is 2.22. The van der Waals surface area contributed by atoms with Gasteiger partial charge in [-0.25, -0.2) is 9.59 Å². The number of carbonyl (C=O) groups is 2. The lowest BCUT2D eigenvalue weighted by Gasteiger charge is -2.20. The van der Waals surface area contributed by atoms with Gasteiger partial charge in [0.1, 0.15) is 0 Å². The molecule has 0 aliphatic carbocycles. The third-order valence-corrected chi connectivity index (χ3v) is 4.38. The number of hydrogen-bond donors (Lipinski definition) is 2. The smallest absolute Gasteiger partial charge is 0.328 e. The highest BCUT2D eigenvalue weighted by atomic mass is 16.4. The minimum absolute atomic E-state index is 0.539. The van der Waals surface area contributed by atoms with Crippen LogP contribution in [-0.2, 0) is 9.59 Å². The van der Waals surface area contributed by atoms with Crippen molar-refractivity contribution in [1.82, 2.24) is 9.88 Å². The molecule has 142 valence electrons. The zero-order chi connectivity index (χ0) is 19.8. The van der Waals surface area contributed by atoms with Gasteiger partial charge in [0.05, 0.1) is 0 Å². The first-order valence-corrected chi connectivity index (χ1v) is 8.73. The van der Waals surface area contributed by atoms with Crippen LogP contribution in [0.4, 0.5) is 0 Å². The first kappa shape index (κ1) is 20.3. The Morgan fingerprint density at radius 3 is 2.37 bits per heavy atom. The molecule has 1 aromatic carbocycles. The molecule has 1 aliphatic rings. The quantitative estimate of drug-likeness (QED) is 0.802. The van der Waals surface area contributed by atoms with E-state index in [9.17, 15) is 9.59 Å². The molecule has 1 atom stereocenters. The van der Waals surface area contributed by atoms with Gasteiger partial charge in [0.25, 0.3) is 0 Å².